The lowest BCUT2D eigenvalue weighted by Gasteiger charge is -2.06. The van der Waals surface area contributed by atoms with Crippen LogP contribution in [0.25, 0.3) is 43.8 Å². The highest BCUT2D eigenvalue weighted by Crippen LogP contribution is 2.52. The van der Waals surface area contributed by atoms with Crippen molar-refractivity contribution in [2.75, 3.05) is 0 Å². The van der Waals surface area contributed by atoms with Gasteiger partial charge in [0, 0.05) is 22.3 Å². The van der Waals surface area contributed by atoms with Crippen LogP contribution in [0.4, 0.5) is 0 Å². The van der Waals surface area contributed by atoms with Gasteiger partial charge in [0.25, 0.3) is 0 Å². The third kappa shape index (κ3) is 3.20. The summed E-state index contributed by atoms with van der Waals surface area (Å²) in [6, 6.07) is 28.6. The molecule has 2 aliphatic rings. The van der Waals surface area contributed by atoms with Gasteiger partial charge in [0.2, 0.25) is 0 Å². The molecule has 0 aliphatic carbocycles. The Labute approximate surface area is 205 Å². The molecule has 34 heavy (non-hydrogen) atoms. The molecule has 0 spiro atoms. The minimum Gasteiger partial charge on any atom is -0.249 e. The van der Waals surface area contributed by atoms with Gasteiger partial charge < -0.3 is 0 Å². The lowest BCUT2D eigenvalue weighted by molar-refractivity contribution is 0.677. The van der Waals surface area contributed by atoms with E-state index in [9.17, 15) is 8.42 Å². The summed E-state index contributed by atoms with van der Waals surface area (Å²) in [5.41, 5.74) is 3.86. The molecule has 0 N–H and O–H groups in total. The van der Waals surface area contributed by atoms with E-state index in [1.807, 2.05) is 88.4 Å². The highest BCUT2D eigenvalue weighted by Gasteiger charge is 2.37. The van der Waals surface area contributed by atoms with E-state index in [0.717, 1.165) is 63.4 Å². The fourth-order valence-corrected chi connectivity index (χ4v) is 8.15. The van der Waals surface area contributed by atoms with Crippen LogP contribution in [-0.4, -0.2) is 8.42 Å². The Morgan fingerprint density at radius 3 is 1.12 bits per heavy atom. The Kier molecular flexibility index (Phi) is 5.97. The van der Waals surface area contributed by atoms with Gasteiger partial charge in [-0.2, -0.15) is 0 Å². The Balaban J connectivity index is 0.000000574. The predicted molar refractivity (Wildman–Crippen MR) is 144 cm³/mol. The fraction of sp³-hybridized carbons (Fsp3) is 0.133. The molecule has 0 fully saturated rings. The van der Waals surface area contributed by atoms with Crippen LogP contribution in [-0.2, 0) is 21.6 Å². The maximum Gasteiger partial charge on any atom is 0.0875 e. The third-order valence-electron chi connectivity index (χ3n) is 6.16. The Morgan fingerprint density at radius 1 is 0.441 bits per heavy atom. The van der Waals surface area contributed by atoms with Gasteiger partial charge in [0.05, 0.1) is 41.2 Å². The molecule has 2 atom stereocenters. The lowest BCUT2D eigenvalue weighted by atomic mass is 9.97. The van der Waals surface area contributed by atoms with Crippen molar-refractivity contribution in [1.82, 2.24) is 0 Å². The summed E-state index contributed by atoms with van der Waals surface area (Å²) in [4.78, 5) is 3.07. The van der Waals surface area contributed by atoms with Gasteiger partial charge >= 0.3 is 0 Å². The number of hydrogen-bond donors (Lipinski definition) is 0. The molecule has 5 aromatic carbocycles. The molecule has 0 bridgehead atoms. The summed E-state index contributed by atoms with van der Waals surface area (Å²) < 4.78 is 27.2. The summed E-state index contributed by atoms with van der Waals surface area (Å²) in [7, 11) is -2.68. The molecule has 2 heterocycles. The number of rotatable bonds is 0. The maximum atomic E-state index is 13.6. The molecular formula is C30H26O2S2. The highest BCUT2D eigenvalue weighted by molar-refractivity contribution is 7.89. The summed E-state index contributed by atoms with van der Waals surface area (Å²) >= 11 is 0. The monoisotopic (exact) mass is 482 g/mol. The van der Waals surface area contributed by atoms with Crippen LogP contribution in [0.2, 0.25) is 0 Å². The maximum absolute atomic E-state index is 13.6. The Morgan fingerprint density at radius 2 is 0.765 bits per heavy atom. The third-order valence-corrected chi connectivity index (χ3v) is 9.35. The van der Waals surface area contributed by atoms with Crippen molar-refractivity contribution in [3.63, 3.8) is 0 Å². The highest BCUT2D eigenvalue weighted by atomic mass is 32.2. The van der Waals surface area contributed by atoms with Crippen molar-refractivity contribution in [1.29, 1.82) is 0 Å². The van der Waals surface area contributed by atoms with Crippen LogP contribution < -0.4 is 0 Å². The van der Waals surface area contributed by atoms with E-state index >= 15 is 0 Å². The van der Waals surface area contributed by atoms with E-state index in [-0.39, 0.29) is 0 Å². The van der Waals surface area contributed by atoms with Crippen LogP contribution in [0.15, 0.2) is 105 Å². The van der Waals surface area contributed by atoms with Gasteiger partial charge in [-0.1, -0.05) is 88.4 Å². The summed E-state index contributed by atoms with van der Waals surface area (Å²) in [6.07, 6.45) is 0. The molecule has 2 unspecified atom stereocenters. The zero-order valence-electron chi connectivity index (χ0n) is 19.7. The first kappa shape index (κ1) is 22.7. The molecule has 7 rings (SSSR count). The lowest BCUT2D eigenvalue weighted by Crippen LogP contribution is -1.95. The molecule has 170 valence electrons. The largest absolute Gasteiger partial charge is 0.249 e. The molecule has 4 heteroatoms. The quantitative estimate of drug-likeness (QED) is 0.218. The van der Waals surface area contributed by atoms with Crippen molar-refractivity contribution in [2.45, 2.75) is 47.3 Å². The molecule has 2 nitrogen and oxygen atoms in total. The second kappa shape index (κ2) is 8.94. The average molecular weight is 483 g/mol. The van der Waals surface area contributed by atoms with Crippen LogP contribution in [0.1, 0.15) is 27.7 Å². The van der Waals surface area contributed by atoms with Crippen molar-refractivity contribution in [3.8, 4) is 22.3 Å². The molecular weight excluding hydrogens is 456 g/mol. The van der Waals surface area contributed by atoms with E-state index < -0.39 is 21.6 Å². The van der Waals surface area contributed by atoms with Crippen molar-refractivity contribution in [2.24, 2.45) is 0 Å². The van der Waals surface area contributed by atoms with Gasteiger partial charge in [-0.25, -0.2) is 8.42 Å². The van der Waals surface area contributed by atoms with Gasteiger partial charge in [0.1, 0.15) is 0 Å². The first-order valence-electron chi connectivity index (χ1n) is 11.8. The Hall–Kier alpha value is -3.08. The van der Waals surface area contributed by atoms with Crippen molar-refractivity contribution in [3.05, 3.63) is 84.9 Å². The number of fused-ring (bicyclic) bond motifs is 9. The van der Waals surface area contributed by atoms with E-state index in [4.69, 9.17) is 0 Å². The standard InChI is InChI=1S/C26H14O2S2.2C2H6/c27-29-23-13-17-7-3-1-5-15(17)11-21(23)19-9-10-20-22-12-16-6-2-4-8-18(16)14-24(22)30(28)26(20)25(19)29;2*1-2/h1-14H;2*1-2H3. The van der Waals surface area contributed by atoms with Gasteiger partial charge in [-0.3, -0.25) is 0 Å². The van der Waals surface area contributed by atoms with Gasteiger partial charge in [0.15, 0.2) is 0 Å². The molecule has 0 amide bonds. The SMILES string of the molecule is CC.CC.O=S1c2cc3ccccc3cc2-c2ccc3c(c21)S(=O)c1cc2ccccc2cc1-3. The molecule has 0 saturated heterocycles. The van der Waals surface area contributed by atoms with E-state index in [2.05, 4.69) is 24.3 Å². The van der Waals surface area contributed by atoms with Crippen LogP contribution in [0.5, 0.6) is 0 Å². The Bertz CT molecular complexity index is 1510. The predicted octanol–water partition coefficient (Wildman–Crippen LogP) is 8.34. The minimum absolute atomic E-state index is 0.719. The number of benzene rings is 5. The molecule has 0 aromatic heterocycles. The normalized spacial score (nSPS) is 16.5. The average Bonchev–Trinajstić information content (AvgIpc) is 3.34. The van der Waals surface area contributed by atoms with Crippen LogP contribution in [0, 0.1) is 0 Å². The molecule has 2 aliphatic heterocycles. The second-order valence-corrected chi connectivity index (χ2v) is 10.5. The van der Waals surface area contributed by atoms with Crippen molar-refractivity contribution < 1.29 is 8.42 Å². The number of hydrogen-bond acceptors (Lipinski definition) is 2. The molecule has 5 aromatic rings. The first-order chi connectivity index (χ1) is 16.7. The fourth-order valence-electron chi connectivity index (χ4n) is 4.74. The first-order valence-corrected chi connectivity index (χ1v) is 14.1. The van der Waals surface area contributed by atoms with Gasteiger partial charge in [-0.05, 0) is 45.8 Å². The summed E-state index contributed by atoms with van der Waals surface area (Å²) in [6.45, 7) is 8.00. The minimum atomic E-state index is -1.34. The molecule has 0 saturated carbocycles. The van der Waals surface area contributed by atoms with E-state index in [1.54, 1.807) is 0 Å². The van der Waals surface area contributed by atoms with Gasteiger partial charge in [-0.15, -0.1) is 0 Å². The smallest absolute Gasteiger partial charge is 0.0875 e. The van der Waals surface area contributed by atoms with Crippen LogP contribution >= 0.6 is 0 Å². The molecule has 0 radical (unpaired) electrons. The zero-order chi connectivity index (χ0) is 24.0. The summed E-state index contributed by atoms with van der Waals surface area (Å²) in [5, 5.41) is 4.39. The summed E-state index contributed by atoms with van der Waals surface area (Å²) in [5.74, 6) is 0. The van der Waals surface area contributed by atoms with Crippen molar-refractivity contribution >= 4 is 43.1 Å². The van der Waals surface area contributed by atoms with E-state index in [0.29, 0.717) is 0 Å². The topological polar surface area (TPSA) is 34.1 Å². The van der Waals surface area contributed by atoms with Crippen LogP contribution in [0.3, 0.4) is 0 Å². The zero-order valence-corrected chi connectivity index (χ0v) is 21.3. The van der Waals surface area contributed by atoms with E-state index in [1.165, 1.54) is 0 Å². The second-order valence-electron chi connectivity index (χ2n) is 7.75.